The molecule has 0 aliphatic rings. The quantitative estimate of drug-likeness (QED) is 0.760. The van der Waals surface area contributed by atoms with Crippen LogP contribution in [0.15, 0.2) is 53.9 Å². The van der Waals surface area contributed by atoms with Crippen LogP contribution in [0.25, 0.3) is 11.3 Å². The predicted octanol–water partition coefficient (Wildman–Crippen LogP) is 4.08. The number of methoxy groups -OCH3 is 2. The first-order valence-electron chi connectivity index (χ1n) is 7.25. The van der Waals surface area contributed by atoms with Crippen LogP contribution in [-0.2, 0) is 0 Å². The van der Waals surface area contributed by atoms with E-state index in [1.165, 1.54) is 11.3 Å². The summed E-state index contributed by atoms with van der Waals surface area (Å²) >= 11 is 1.38. The zero-order valence-corrected chi connectivity index (χ0v) is 14.1. The molecule has 122 valence electrons. The van der Waals surface area contributed by atoms with Crippen LogP contribution in [0.5, 0.6) is 11.5 Å². The smallest absolute Gasteiger partial charge is 0.257 e. The van der Waals surface area contributed by atoms with Crippen LogP contribution in [0.4, 0.5) is 5.13 Å². The standard InChI is InChI=1S/C18H16N2O3S/c1-22-14-8-13(9-15(10-14)23-2)17(21)20-18-19-16(11-24-18)12-6-4-3-5-7-12/h3-11H,1-2H3,(H,19,20,21). The number of carbonyl (C=O) groups is 1. The number of thiazole rings is 1. The molecule has 5 nitrogen and oxygen atoms in total. The number of nitrogens with one attached hydrogen (secondary N) is 1. The van der Waals surface area contributed by atoms with Crippen molar-refractivity contribution in [1.29, 1.82) is 0 Å². The third-order valence-electron chi connectivity index (χ3n) is 3.41. The van der Waals surface area contributed by atoms with Gasteiger partial charge in [-0.25, -0.2) is 4.98 Å². The minimum absolute atomic E-state index is 0.263. The van der Waals surface area contributed by atoms with E-state index in [-0.39, 0.29) is 5.91 Å². The Morgan fingerprint density at radius 1 is 1.04 bits per heavy atom. The minimum atomic E-state index is -0.263. The van der Waals surface area contributed by atoms with Crippen LogP contribution in [0.3, 0.4) is 0 Å². The molecule has 0 bridgehead atoms. The van der Waals surface area contributed by atoms with Gasteiger partial charge in [0, 0.05) is 22.6 Å². The second-order valence-corrected chi connectivity index (χ2v) is 5.82. The lowest BCUT2D eigenvalue weighted by Gasteiger charge is -2.08. The van der Waals surface area contributed by atoms with Gasteiger partial charge in [-0.05, 0) is 12.1 Å². The van der Waals surface area contributed by atoms with Gasteiger partial charge in [0.2, 0.25) is 0 Å². The summed E-state index contributed by atoms with van der Waals surface area (Å²) in [7, 11) is 3.09. The Kier molecular flexibility index (Phi) is 4.77. The van der Waals surface area contributed by atoms with E-state index in [4.69, 9.17) is 9.47 Å². The summed E-state index contributed by atoms with van der Waals surface area (Å²) in [5.41, 5.74) is 2.29. The maximum Gasteiger partial charge on any atom is 0.257 e. The van der Waals surface area contributed by atoms with Gasteiger partial charge in [0.1, 0.15) is 11.5 Å². The number of rotatable bonds is 5. The van der Waals surface area contributed by atoms with Crippen molar-refractivity contribution >= 4 is 22.4 Å². The molecule has 0 radical (unpaired) electrons. The topological polar surface area (TPSA) is 60.5 Å². The summed E-state index contributed by atoms with van der Waals surface area (Å²) in [5, 5.41) is 5.26. The molecule has 1 N–H and O–H groups in total. The summed E-state index contributed by atoms with van der Waals surface area (Å²) in [6.45, 7) is 0. The van der Waals surface area contributed by atoms with Crippen LogP contribution in [0.1, 0.15) is 10.4 Å². The third kappa shape index (κ3) is 3.55. The largest absolute Gasteiger partial charge is 0.497 e. The lowest BCUT2D eigenvalue weighted by molar-refractivity contribution is 0.102. The number of carbonyl (C=O) groups excluding carboxylic acids is 1. The number of nitrogens with zero attached hydrogens (tertiary/aromatic N) is 1. The number of anilines is 1. The Bertz CT molecular complexity index is 824. The van der Waals surface area contributed by atoms with Crippen molar-refractivity contribution in [2.24, 2.45) is 0 Å². The molecular weight excluding hydrogens is 324 g/mol. The Hall–Kier alpha value is -2.86. The van der Waals surface area contributed by atoms with E-state index in [9.17, 15) is 4.79 Å². The van der Waals surface area contributed by atoms with E-state index in [1.807, 2.05) is 35.7 Å². The van der Waals surface area contributed by atoms with Gasteiger partial charge < -0.3 is 9.47 Å². The molecule has 3 aromatic rings. The molecule has 3 rings (SSSR count). The van der Waals surface area contributed by atoms with Gasteiger partial charge in [0.15, 0.2) is 5.13 Å². The van der Waals surface area contributed by atoms with E-state index in [0.717, 1.165) is 11.3 Å². The monoisotopic (exact) mass is 340 g/mol. The summed E-state index contributed by atoms with van der Waals surface area (Å²) in [4.78, 5) is 16.9. The van der Waals surface area contributed by atoms with E-state index in [0.29, 0.717) is 22.2 Å². The Labute approximate surface area is 143 Å². The van der Waals surface area contributed by atoms with Crippen molar-refractivity contribution in [3.05, 3.63) is 59.5 Å². The van der Waals surface area contributed by atoms with Gasteiger partial charge in [-0.15, -0.1) is 11.3 Å². The Balaban J connectivity index is 1.79. The van der Waals surface area contributed by atoms with Crippen molar-refractivity contribution in [3.8, 4) is 22.8 Å². The highest BCUT2D eigenvalue weighted by molar-refractivity contribution is 7.14. The fourth-order valence-electron chi connectivity index (χ4n) is 2.18. The number of ether oxygens (including phenoxy) is 2. The van der Waals surface area contributed by atoms with Crippen LogP contribution in [0.2, 0.25) is 0 Å². The molecule has 0 saturated carbocycles. The maximum absolute atomic E-state index is 12.4. The fraction of sp³-hybridized carbons (Fsp3) is 0.111. The molecule has 6 heteroatoms. The highest BCUT2D eigenvalue weighted by atomic mass is 32.1. The molecule has 24 heavy (non-hydrogen) atoms. The maximum atomic E-state index is 12.4. The Morgan fingerprint density at radius 2 is 1.71 bits per heavy atom. The number of hydrogen-bond acceptors (Lipinski definition) is 5. The van der Waals surface area contributed by atoms with Crippen molar-refractivity contribution in [1.82, 2.24) is 4.98 Å². The van der Waals surface area contributed by atoms with Gasteiger partial charge in [-0.3, -0.25) is 10.1 Å². The van der Waals surface area contributed by atoms with Crippen molar-refractivity contribution in [3.63, 3.8) is 0 Å². The van der Waals surface area contributed by atoms with Crippen LogP contribution in [-0.4, -0.2) is 25.1 Å². The molecular formula is C18H16N2O3S. The second-order valence-electron chi connectivity index (χ2n) is 4.96. The van der Waals surface area contributed by atoms with E-state index < -0.39 is 0 Å². The minimum Gasteiger partial charge on any atom is -0.497 e. The van der Waals surface area contributed by atoms with Gasteiger partial charge in [0.05, 0.1) is 19.9 Å². The molecule has 0 unspecified atom stereocenters. The van der Waals surface area contributed by atoms with Crippen molar-refractivity contribution in [2.75, 3.05) is 19.5 Å². The van der Waals surface area contributed by atoms with E-state index in [2.05, 4.69) is 10.3 Å². The van der Waals surface area contributed by atoms with Gasteiger partial charge in [0.25, 0.3) is 5.91 Å². The molecule has 1 aromatic heterocycles. The van der Waals surface area contributed by atoms with Crippen LogP contribution < -0.4 is 14.8 Å². The first-order chi connectivity index (χ1) is 11.7. The average Bonchev–Trinajstić information content (AvgIpc) is 3.10. The summed E-state index contributed by atoms with van der Waals surface area (Å²) in [6, 6.07) is 14.8. The normalized spacial score (nSPS) is 10.2. The third-order valence-corrected chi connectivity index (χ3v) is 4.17. The zero-order valence-electron chi connectivity index (χ0n) is 13.3. The zero-order chi connectivity index (χ0) is 16.9. The predicted molar refractivity (Wildman–Crippen MR) is 95.0 cm³/mol. The SMILES string of the molecule is COc1cc(OC)cc(C(=O)Nc2nc(-c3ccccc3)cs2)c1. The van der Waals surface area contributed by atoms with Crippen molar-refractivity contribution in [2.45, 2.75) is 0 Å². The van der Waals surface area contributed by atoms with E-state index in [1.54, 1.807) is 32.4 Å². The van der Waals surface area contributed by atoms with E-state index >= 15 is 0 Å². The number of amides is 1. The molecule has 0 fully saturated rings. The molecule has 2 aromatic carbocycles. The number of aromatic nitrogens is 1. The van der Waals surface area contributed by atoms with Gasteiger partial charge in [-0.2, -0.15) is 0 Å². The summed E-state index contributed by atoms with van der Waals surface area (Å²) in [6.07, 6.45) is 0. The molecule has 0 aliphatic heterocycles. The van der Waals surface area contributed by atoms with Crippen LogP contribution >= 0.6 is 11.3 Å². The molecule has 1 heterocycles. The fourth-order valence-corrected chi connectivity index (χ4v) is 2.90. The summed E-state index contributed by atoms with van der Waals surface area (Å²) < 4.78 is 10.4. The highest BCUT2D eigenvalue weighted by Gasteiger charge is 2.12. The first kappa shape index (κ1) is 16.0. The van der Waals surface area contributed by atoms with Crippen molar-refractivity contribution < 1.29 is 14.3 Å². The highest BCUT2D eigenvalue weighted by Crippen LogP contribution is 2.26. The Morgan fingerprint density at radius 3 is 2.33 bits per heavy atom. The lowest BCUT2D eigenvalue weighted by atomic mass is 10.2. The van der Waals surface area contributed by atoms with Gasteiger partial charge >= 0.3 is 0 Å². The summed E-state index contributed by atoms with van der Waals surface area (Å²) in [5.74, 6) is 0.855. The molecule has 0 saturated heterocycles. The second kappa shape index (κ2) is 7.14. The molecule has 1 amide bonds. The first-order valence-corrected chi connectivity index (χ1v) is 8.13. The van der Waals surface area contributed by atoms with Gasteiger partial charge in [-0.1, -0.05) is 30.3 Å². The molecule has 0 atom stereocenters. The molecule has 0 aliphatic carbocycles. The molecule has 0 spiro atoms. The number of benzene rings is 2. The average molecular weight is 340 g/mol. The number of hydrogen-bond donors (Lipinski definition) is 1. The van der Waals surface area contributed by atoms with Crippen LogP contribution in [0, 0.1) is 0 Å². The lowest BCUT2D eigenvalue weighted by Crippen LogP contribution is -2.12.